The number of alkyl halides is 1. The zero-order valence-electron chi connectivity index (χ0n) is 9.24. The van der Waals surface area contributed by atoms with Gasteiger partial charge in [0.15, 0.2) is 11.7 Å². The van der Waals surface area contributed by atoms with Gasteiger partial charge in [0.25, 0.3) is 0 Å². The molecule has 0 unspecified atom stereocenters. The van der Waals surface area contributed by atoms with Crippen molar-refractivity contribution in [2.45, 2.75) is 18.6 Å². The largest absolute Gasteiger partial charge is 0.440 e. The van der Waals surface area contributed by atoms with Gasteiger partial charge in [-0.2, -0.15) is 11.8 Å². The topological polar surface area (TPSA) is 26.0 Å². The average Bonchev–Trinajstić information content (AvgIpc) is 2.94. The molecule has 0 saturated heterocycles. The fourth-order valence-corrected chi connectivity index (χ4v) is 4.37. The van der Waals surface area contributed by atoms with Crippen molar-refractivity contribution in [3.63, 3.8) is 0 Å². The molecule has 0 aliphatic carbocycles. The number of nitrogens with zero attached hydrogens (tertiary/aromatic N) is 1. The molecule has 0 atom stereocenters. The molecule has 0 aromatic carbocycles. The van der Waals surface area contributed by atoms with Crippen LogP contribution in [-0.2, 0) is 18.6 Å². The second-order valence-corrected chi connectivity index (χ2v) is 6.54. The average molecular weight is 286 g/mol. The van der Waals surface area contributed by atoms with E-state index in [1.807, 2.05) is 29.3 Å². The monoisotopic (exact) mass is 285 g/mol. The molecule has 0 spiro atoms. The highest BCUT2D eigenvalue weighted by atomic mass is 35.5. The van der Waals surface area contributed by atoms with Crippen LogP contribution in [-0.4, -0.2) is 16.6 Å². The van der Waals surface area contributed by atoms with Gasteiger partial charge < -0.3 is 4.42 Å². The third kappa shape index (κ3) is 2.39. The van der Waals surface area contributed by atoms with Crippen molar-refractivity contribution in [2.75, 3.05) is 11.6 Å². The Kier molecular flexibility index (Phi) is 3.45. The van der Waals surface area contributed by atoms with Crippen LogP contribution in [0.5, 0.6) is 0 Å². The molecule has 3 rings (SSSR count). The molecule has 0 radical (unpaired) electrons. The molecule has 0 saturated carbocycles. The van der Waals surface area contributed by atoms with Crippen LogP contribution in [0.3, 0.4) is 0 Å². The Morgan fingerprint density at radius 1 is 1.47 bits per heavy atom. The van der Waals surface area contributed by atoms with Crippen LogP contribution in [0.4, 0.5) is 0 Å². The summed E-state index contributed by atoms with van der Waals surface area (Å²) in [4.78, 5) is 6.95. The van der Waals surface area contributed by atoms with Crippen LogP contribution in [0, 0.1) is 0 Å². The lowest BCUT2D eigenvalue weighted by Gasteiger charge is -2.08. The Morgan fingerprint density at radius 2 is 2.41 bits per heavy atom. The first-order chi connectivity index (χ1) is 8.36. The Bertz CT molecular complexity index is 497. The van der Waals surface area contributed by atoms with E-state index in [2.05, 4.69) is 11.1 Å². The van der Waals surface area contributed by atoms with Crippen LogP contribution < -0.4 is 0 Å². The lowest BCUT2D eigenvalue weighted by atomic mass is 10.2. The van der Waals surface area contributed by atoms with Gasteiger partial charge in [-0.25, -0.2) is 4.98 Å². The summed E-state index contributed by atoms with van der Waals surface area (Å²) in [6.07, 6.45) is 3.70. The highest BCUT2D eigenvalue weighted by Gasteiger charge is 2.16. The normalized spacial score (nSPS) is 14.9. The molecule has 1 aliphatic rings. The number of aryl methyl sites for hydroxylation is 2. The van der Waals surface area contributed by atoms with Crippen molar-refractivity contribution in [3.8, 4) is 10.6 Å². The van der Waals surface area contributed by atoms with Crippen molar-refractivity contribution >= 4 is 34.7 Å². The molecule has 17 heavy (non-hydrogen) atoms. The number of oxazole rings is 1. The summed E-state index contributed by atoms with van der Waals surface area (Å²) in [5, 5.41) is 0. The van der Waals surface area contributed by atoms with Gasteiger partial charge >= 0.3 is 0 Å². The SMILES string of the molecule is ClCCc1ncc(-c2cc3c(s2)CCSC3)o1. The Labute approximate surface area is 113 Å². The molecular weight excluding hydrogens is 274 g/mol. The van der Waals surface area contributed by atoms with Gasteiger partial charge in [-0.15, -0.1) is 22.9 Å². The number of rotatable bonds is 3. The van der Waals surface area contributed by atoms with Gasteiger partial charge in [0, 0.05) is 22.9 Å². The zero-order chi connectivity index (χ0) is 11.7. The minimum absolute atomic E-state index is 0.553. The van der Waals surface area contributed by atoms with Gasteiger partial charge in [0.2, 0.25) is 0 Å². The zero-order valence-corrected chi connectivity index (χ0v) is 11.6. The maximum atomic E-state index is 5.70. The summed E-state index contributed by atoms with van der Waals surface area (Å²) in [6, 6.07) is 2.25. The van der Waals surface area contributed by atoms with E-state index in [0.717, 1.165) is 17.4 Å². The van der Waals surface area contributed by atoms with Crippen molar-refractivity contribution in [2.24, 2.45) is 0 Å². The van der Waals surface area contributed by atoms with Crippen LogP contribution in [0.15, 0.2) is 16.7 Å². The quantitative estimate of drug-likeness (QED) is 0.798. The van der Waals surface area contributed by atoms with Gasteiger partial charge in [0.1, 0.15) is 0 Å². The van der Waals surface area contributed by atoms with E-state index in [0.29, 0.717) is 12.3 Å². The lowest BCUT2D eigenvalue weighted by Crippen LogP contribution is -1.96. The molecule has 2 nitrogen and oxygen atoms in total. The van der Waals surface area contributed by atoms with Crippen LogP contribution in [0.1, 0.15) is 16.3 Å². The summed E-state index contributed by atoms with van der Waals surface area (Å²) in [7, 11) is 0. The van der Waals surface area contributed by atoms with Gasteiger partial charge in [-0.1, -0.05) is 0 Å². The van der Waals surface area contributed by atoms with Crippen molar-refractivity contribution in [3.05, 3.63) is 28.6 Å². The van der Waals surface area contributed by atoms with Crippen molar-refractivity contribution in [1.29, 1.82) is 0 Å². The first-order valence-electron chi connectivity index (χ1n) is 5.57. The third-order valence-electron chi connectivity index (χ3n) is 2.73. The number of thiophene rings is 1. The second-order valence-electron chi connectivity index (χ2n) is 3.92. The van der Waals surface area contributed by atoms with Crippen molar-refractivity contribution in [1.82, 2.24) is 4.98 Å². The van der Waals surface area contributed by atoms with Gasteiger partial charge in [-0.3, -0.25) is 0 Å². The van der Waals surface area contributed by atoms with E-state index in [9.17, 15) is 0 Å². The summed E-state index contributed by atoms with van der Waals surface area (Å²) in [5.41, 5.74) is 1.47. The predicted octanol–water partition coefficient (Wildman–Crippen LogP) is 3.97. The fraction of sp³-hybridized carbons (Fsp3) is 0.417. The third-order valence-corrected chi connectivity index (χ3v) is 5.18. The second kappa shape index (κ2) is 5.04. The van der Waals surface area contributed by atoms with E-state index < -0.39 is 0 Å². The number of hydrogen-bond acceptors (Lipinski definition) is 4. The fourth-order valence-electron chi connectivity index (χ4n) is 1.89. The van der Waals surface area contributed by atoms with Crippen LogP contribution in [0.2, 0.25) is 0 Å². The molecule has 0 bridgehead atoms. The number of fused-ring (bicyclic) bond motifs is 1. The molecule has 2 aromatic heterocycles. The van der Waals surface area contributed by atoms with E-state index in [4.69, 9.17) is 16.0 Å². The molecular formula is C12H12ClNOS2. The first kappa shape index (κ1) is 11.6. The number of hydrogen-bond donors (Lipinski definition) is 0. The van der Waals surface area contributed by atoms with Crippen molar-refractivity contribution < 1.29 is 4.42 Å². The van der Waals surface area contributed by atoms with Gasteiger partial charge in [-0.05, 0) is 23.8 Å². The number of halogens is 1. The summed E-state index contributed by atoms with van der Waals surface area (Å²) in [6.45, 7) is 0. The summed E-state index contributed by atoms with van der Waals surface area (Å²) in [5.74, 6) is 4.54. The van der Waals surface area contributed by atoms with Crippen LogP contribution in [0.25, 0.3) is 10.6 Å². The first-order valence-corrected chi connectivity index (χ1v) is 8.08. The van der Waals surface area contributed by atoms with Crippen LogP contribution >= 0.6 is 34.7 Å². The molecule has 2 aromatic rings. The van der Waals surface area contributed by atoms with E-state index in [1.165, 1.54) is 27.5 Å². The van der Waals surface area contributed by atoms with Gasteiger partial charge in [0.05, 0.1) is 11.1 Å². The molecule has 3 heterocycles. The minimum Gasteiger partial charge on any atom is -0.440 e. The highest BCUT2D eigenvalue weighted by Crippen LogP contribution is 2.37. The Balaban J connectivity index is 1.89. The minimum atomic E-state index is 0.553. The number of aromatic nitrogens is 1. The predicted molar refractivity (Wildman–Crippen MR) is 74.1 cm³/mol. The summed E-state index contributed by atoms with van der Waals surface area (Å²) >= 11 is 9.52. The number of thioether (sulfide) groups is 1. The maximum Gasteiger partial charge on any atom is 0.196 e. The Hall–Kier alpha value is -0.450. The molecule has 0 fully saturated rings. The Morgan fingerprint density at radius 3 is 3.24 bits per heavy atom. The smallest absolute Gasteiger partial charge is 0.196 e. The molecule has 0 N–H and O–H groups in total. The van der Waals surface area contributed by atoms with E-state index >= 15 is 0 Å². The molecule has 90 valence electrons. The summed E-state index contributed by atoms with van der Waals surface area (Å²) < 4.78 is 5.70. The van der Waals surface area contributed by atoms with E-state index in [-0.39, 0.29) is 0 Å². The molecule has 5 heteroatoms. The molecule has 1 aliphatic heterocycles. The molecule has 0 amide bonds. The standard InChI is InChI=1S/C12H12ClNOS2/c13-3-1-12-14-6-9(15-12)11-5-8-7-16-4-2-10(8)17-11/h5-6H,1-4,7H2. The maximum absolute atomic E-state index is 5.70. The highest BCUT2D eigenvalue weighted by molar-refractivity contribution is 7.98. The van der Waals surface area contributed by atoms with E-state index in [1.54, 1.807) is 0 Å². The lowest BCUT2D eigenvalue weighted by molar-refractivity contribution is 0.515.